The molecule has 1 aliphatic heterocycles. The number of anilines is 2. The molecule has 148 valence electrons. The van der Waals surface area contributed by atoms with Crippen LogP contribution in [0.1, 0.15) is 29.3 Å². The van der Waals surface area contributed by atoms with Crippen LogP contribution in [0.15, 0.2) is 72.1 Å². The van der Waals surface area contributed by atoms with Crippen molar-refractivity contribution in [3.63, 3.8) is 0 Å². The Bertz CT molecular complexity index is 956. The Morgan fingerprint density at radius 1 is 1.07 bits per heavy atom. The lowest BCUT2D eigenvalue weighted by Crippen LogP contribution is -2.87. The van der Waals surface area contributed by atoms with E-state index in [0.29, 0.717) is 13.0 Å². The van der Waals surface area contributed by atoms with Crippen LogP contribution in [0.2, 0.25) is 0 Å². The van der Waals surface area contributed by atoms with Crippen LogP contribution < -0.4 is 15.5 Å². The molecule has 2 aromatic carbocycles. The number of amides is 2. The van der Waals surface area contributed by atoms with Gasteiger partial charge in [-0.1, -0.05) is 36.4 Å². The summed E-state index contributed by atoms with van der Waals surface area (Å²) in [6.07, 6.45) is 1.51. The second-order valence-electron chi connectivity index (χ2n) is 7.09. The predicted molar refractivity (Wildman–Crippen MR) is 116 cm³/mol. The maximum Gasteiger partial charge on any atom is 0.279 e. The smallest absolute Gasteiger partial charge is 0.279 e. The number of benzene rings is 2. The van der Waals surface area contributed by atoms with Gasteiger partial charge in [0.05, 0.1) is 4.88 Å². The van der Waals surface area contributed by atoms with E-state index < -0.39 is 0 Å². The largest absolute Gasteiger partial charge is 0.328 e. The molecule has 5 nitrogen and oxygen atoms in total. The van der Waals surface area contributed by atoms with Crippen LogP contribution in [-0.4, -0.2) is 24.9 Å². The molecule has 4 rings (SSSR count). The highest BCUT2D eigenvalue weighted by atomic mass is 32.1. The number of rotatable bonds is 7. The Morgan fingerprint density at radius 3 is 2.52 bits per heavy atom. The van der Waals surface area contributed by atoms with E-state index in [4.69, 9.17) is 0 Å². The molecule has 0 spiro atoms. The Morgan fingerprint density at radius 2 is 1.86 bits per heavy atom. The molecule has 1 fully saturated rings. The number of hydrogen-bond acceptors (Lipinski definition) is 3. The number of carbonyl (C=O) groups is 2. The summed E-state index contributed by atoms with van der Waals surface area (Å²) in [5, 5.41) is 7.08. The van der Waals surface area contributed by atoms with Crippen LogP contribution in [0.25, 0.3) is 0 Å². The lowest BCUT2D eigenvalue weighted by molar-refractivity contribution is -0.675. The summed E-state index contributed by atoms with van der Waals surface area (Å²) >= 11 is 1.70. The van der Waals surface area contributed by atoms with Crippen LogP contribution in [0.5, 0.6) is 0 Å². The third kappa shape index (κ3) is 4.72. The zero-order valence-corrected chi connectivity index (χ0v) is 16.9. The molecule has 29 heavy (non-hydrogen) atoms. The van der Waals surface area contributed by atoms with E-state index in [2.05, 4.69) is 34.2 Å². The molecule has 0 saturated carbocycles. The van der Waals surface area contributed by atoms with Gasteiger partial charge in [-0.25, -0.2) is 0 Å². The van der Waals surface area contributed by atoms with E-state index in [9.17, 15) is 9.59 Å². The van der Waals surface area contributed by atoms with Gasteiger partial charge in [-0.3, -0.25) is 9.59 Å². The standard InChI is InChI=1S/C23H23N3O2S/c27-21(25-18-10-12-19(13-11-18)26-14-4-9-22(26)28)16-24-23(20-8-5-15-29-20)17-6-2-1-3-7-17/h1-3,5-8,10-13,15,23-24H,4,9,14,16H2,(H,25,27)/p+1/t23-/m0/s1. The highest BCUT2D eigenvalue weighted by Crippen LogP contribution is 2.24. The molecule has 2 heterocycles. The Labute approximate surface area is 174 Å². The summed E-state index contributed by atoms with van der Waals surface area (Å²) in [6, 6.07) is 22.0. The van der Waals surface area contributed by atoms with Gasteiger partial charge in [-0.05, 0) is 42.1 Å². The molecule has 1 aromatic heterocycles. The van der Waals surface area contributed by atoms with Gasteiger partial charge in [0.2, 0.25) is 5.91 Å². The lowest BCUT2D eigenvalue weighted by Gasteiger charge is -2.16. The van der Waals surface area contributed by atoms with Crippen molar-refractivity contribution in [2.45, 2.75) is 18.9 Å². The average Bonchev–Trinajstić information content (AvgIpc) is 3.42. The van der Waals surface area contributed by atoms with Crippen molar-refractivity contribution in [2.24, 2.45) is 0 Å². The van der Waals surface area contributed by atoms with Crippen LogP contribution in [-0.2, 0) is 9.59 Å². The summed E-state index contributed by atoms with van der Waals surface area (Å²) in [5.74, 6) is 0.115. The summed E-state index contributed by atoms with van der Waals surface area (Å²) in [6.45, 7) is 1.09. The fraction of sp³-hybridized carbons (Fsp3) is 0.217. The molecule has 3 aromatic rings. The first-order chi connectivity index (χ1) is 14.2. The van der Waals surface area contributed by atoms with Gasteiger partial charge >= 0.3 is 0 Å². The van der Waals surface area contributed by atoms with Crippen molar-refractivity contribution in [1.82, 2.24) is 0 Å². The van der Waals surface area contributed by atoms with Gasteiger partial charge in [-0.15, -0.1) is 11.3 Å². The minimum absolute atomic E-state index is 0.0486. The molecule has 0 aliphatic carbocycles. The number of thiophene rings is 1. The monoisotopic (exact) mass is 406 g/mol. The fourth-order valence-electron chi connectivity index (χ4n) is 3.63. The lowest BCUT2D eigenvalue weighted by atomic mass is 10.1. The van der Waals surface area contributed by atoms with Crippen molar-refractivity contribution >= 4 is 34.5 Å². The topological polar surface area (TPSA) is 66.0 Å². The van der Waals surface area contributed by atoms with Gasteiger partial charge in [0.1, 0.15) is 6.04 Å². The van der Waals surface area contributed by atoms with Crippen molar-refractivity contribution < 1.29 is 14.9 Å². The van der Waals surface area contributed by atoms with Gasteiger partial charge in [0.15, 0.2) is 6.54 Å². The van der Waals surface area contributed by atoms with Crippen molar-refractivity contribution in [2.75, 3.05) is 23.3 Å². The molecule has 1 aliphatic rings. The molecular formula is C23H24N3O2S+. The minimum Gasteiger partial charge on any atom is -0.328 e. The number of hydrogen-bond donors (Lipinski definition) is 2. The van der Waals surface area contributed by atoms with Crippen LogP contribution in [0.3, 0.4) is 0 Å². The SMILES string of the molecule is O=C(C[NH2+][C@@H](c1ccccc1)c1cccs1)Nc1ccc(N2CCCC2=O)cc1. The van der Waals surface area contributed by atoms with Crippen LogP contribution in [0, 0.1) is 0 Å². The summed E-state index contributed by atoms with van der Waals surface area (Å²) in [7, 11) is 0. The Kier molecular flexibility index (Phi) is 6.03. The van der Waals surface area contributed by atoms with E-state index in [1.807, 2.05) is 48.5 Å². The molecule has 2 amide bonds. The normalized spacial score (nSPS) is 14.8. The summed E-state index contributed by atoms with van der Waals surface area (Å²) in [4.78, 5) is 27.4. The van der Waals surface area contributed by atoms with Crippen LogP contribution in [0.4, 0.5) is 11.4 Å². The maximum atomic E-state index is 12.5. The average molecular weight is 407 g/mol. The third-order valence-corrected chi connectivity index (χ3v) is 6.04. The predicted octanol–water partition coefficient (Wildman–Crippen LogP) is 3.17. The fourth-order valence-corrected chi connectivity index (χ4v) is 4.48. The summed E-state index contributed by atoms with van der Waals surface area (Å²) < 4.78 is 0. The van der Waals surface area contributed by atoms with Crippen molar-refractivity contribution in [3.8, 4) is 0 Å². The quantitative estimate of drug-likeness (QED) is 0.633. The molecule has 3 N–H and O–H groups in total. The zero-order chi connectivity index (χ0) is 20.1. The third-order valence-electron chi connectivity index (χ3n) is 5.08. The van der Waals surface area contributed by atoms with E-state index in [0.717, 1.165) is 24.3 Å². The molecule has 1 saturated heterocycles. The minimum atomic E-state index is -0.0486. The molecule has 1 atom stereocenters. The molecule has 0 bridgehead atoms. The first-order valence-corrected chi connectivity index (χ1v) is 10.7. The maximum absolute atomic E-state index is 12.5. The first kappa shape index (κ1) is 19.4. The number of nitrogens with zero attached hydrogens (tertiary/aromatic N) is 1. The van der Waals surface area contributed by atoms with Gasteiger partial charge in [0.25, 0.3) is 5.91 Å². The van der Waals surface area contributed by atoms with Gasteiger partial charge in [0, 0.05) is 29.9 Å². The second kappa shape index (κ2) is 9.03. The number of carbonyl (C=O) groups excluding carboxylic acids is 2. The van der Waals surface area contributed by atoms with Crippen molar-refractivity contribution in [1.29, 1.82) is 0 Å². The van der Waals surface area contributed by atoms with E-state index in [1.165, 1.54) is 10.4 Å². The highest BCUT2D eigenvalue weighted by molar-refractivity contribution is 7.10. The molecule has 0 unspecified atom stereocenters. The molecule has 6 heteroatoms. The van der Waals surface area contributed by atoms with E-state index in [-0.39, 0.29) is 17.9 Å². The first-order valence-electron chi connectivity index (χ1n) is 9.82. The van der Waals surface area contributed by atoms with Gasteiger partial charge in [-0.2, -0.15) is 0 Å². The van der Waals surface area contributed by atoms with Gasteiger partial charge < -0.3 is 15.5 Å². The van der Waals surface area contributed by atoms with Crippen molar-refractivity contribution in [3.05, 3.63) is 82.6 Å². The highest BCUT2D eigenvalue weighted by Gasteiger charge is 2.22. The Hall–Kier alpha value is -2.96. The molecular weight excluding hydrogens is 382 g/mol. The number of nitrogens with one attached hydrogen (secondary N) is 1. The zero-order valence-electron chi connectivity index (χ0n) is 16.1. The van der Waals surface area contributed by atoms with Crippen LogP contribution >= 0.6 is 11.3 Å². The summed E-state index contributed by atoms with van der Waals surface area (Å²) in [5.41, 5.74) is 2.81. The number of quaternary nitrogens is 1. The number of nitrogens with two attached hydrogens (primary N) is 1. The van der Waals surface area contributed by atoms with E-state index >= 15 is 0 Å². The second-order valence-corrected chi connectivity index (χ2v) is 8.07. The molecule has 0 radical (unpaired) electrons. The van der Waals surface area contributed by atoms with E-state index in [1.54, 1.807) is 16.2 Å². The Balaban J connectivity index is 1.37.